The number of morpholine rings is 1. The SMILES string of the molecule is c1ccc(CNC2(Cc3cc(CN4CCOCC4)on3)COC2)cc1. The second-order valence-electron chi connectivity index (χ2n) is 6.96. The Morgan fingerprint density at radius 2 is 1.88 bits per heavy atom. The normalized spacial score (nSPS) is 20.3. The van der Waals surface area contributed by atoms with Crippen molar-refractivity contribution in [3.63, 3.8) is 0 Å². The molecule has 1 aromatic carbocycles. The zero-order valence-corrected chi connectivity index (χ0v) is 14.4. The van der Waals surface area contributed by atoms with E-state index in [0.29, 0.717) is 13.2 Å². The third-order valence-electron chi connectivity index (χ3n) is 4.88. The number of ether oxygens (including phenoxy) is 2. The maximum absolute atomic E-state index is 5.54. The number of nitrogens with zero attached hydrogens (tertiary/aromatic N) is 2. The molecule has 6 nitrogen and oxygen atoms in total. The first-order valence-corrected chi connectivity index (χ1v) is 8.93. The van der Waals surface area contributed by atoms with Crippen LogP contribution in [0, 0.1) is 0 Å². The van der Waals surface area contributed by atoms with E-state index in [2.05, 4.69) is 45.7 Å². The summed E-state index contributed by atoms with van der Waals surface area (Å²) >= 11 is 0. The standard InChI is InChI=1S/C19H25N3O3/c1-2-4-16(5-3-1)12-20-19(14-24-15-19)11-17-10-18(25-21-17)13-22-6-8-23-9-7-22/h1-5,10,20H,6-9,11-15H2. The van der Waals surface area contributed by atoms with Gasteiger partial charge in [-0.05, 0) is 5.56 Å². The van der Waals surface area contributed by atoms with Crippen molar-refractivity contribution in [3.05, 3.63) is 53.4 Å². The second-order valence-corrected chi connectivity index (χ2v) is 6.96. The first kappa shape index (κ1) is 16.7. The lowest BCUT2D eigenvalue weighted by Gasteiger charge is -2.42. The maximum Gasteiger partial charge on any atom is 0.150 e. The third kappa shape index (κ3) is 4.27. The molecule has 6 heteroatoms. The number of benzene rings is 1. The molecule has 0 unspecified atom stereocenters. The van der Waals surface area contributed by atoms with Gasteiger partial charge in [0, 0.05) is 32.1 Å². The summed E-state index contributed by atoms with van der Waals surface area (Å²) in [7, 11) is 0. The quantitative estimate of drug-likeness (QED) is 0.824. The molecule has 0 atom stereocenters. The lowest BCUT2D eigenvalue weighted by Crippen LogP contribution is -2.61. The van der Waals surface area contributed by atoms with Gasteiger partial charge in [-0.3, -0.25) is 4.90 Å². The number of hydrogen-bond acceptors (Lipinski definition) is 6. The molecule has 0 amide bonds. The predicted octanol–water partition coefficient (Wildman–Crippen LogP) is 1.61. The zero-order valence-electron chi connectivity index (χ0n) is 14.4. The molecule has 25 heavy (non-hydrogen) atoms. The average Bonchev–Trinajstić information content (AvgIpc) is 3.06. The van der Waals surface area contributed by atoms with E-state index in [1.807, 2.05) is 6.07 Å². The lowest BCUT2D eigenvalue weighted by atomic mass is 9.91. The summed E-state index contributed by atoms with van der Waals surface area (Å²) < 4.78 is 16.4. The third-order valence-corrected chi connectivity index (χ3v) is 4.88. The fourth-order valence-corrected chi connectivity index (χ4v) is 3.34. The molecule has 1 N–H and O–H groups in total. The highest BCUT2D eigenvalue weighted by atomic mass is 16.5. The van der Waals surface area contributed by atoms with Gasteiger partial charge in [-0.25, -0.2) is 0 Å². The van der Waals surface area contributed by atoms with Gasteiger partial charge in [-0.15, -0.1) is 0 Å². The van der Waals surface area contributed by atoms with Gasteiger partial charge < -0.3 is 19.3 Å². The minimum Gasteiger partial charge on any atom is -0.379 e. The van der Waals surface area contributed by atoms with Crippen LogP contribution in [0.2, 0.25) is 0 Å². The molecular formula is C19H25N3O3. The second kappa shape index (κ2) is 7.66. The monoisotopic (exact) mass is 343 g/mol. The van der Waals surface area contributed by atoms with E-state index in [4.69, 9.17) is 14.0 Å². The van der Waals surface area contributed by atoms with E-state index in [9.17, 15) is 0 Å². The Kier molecular flexibility index (Phi) is 5.12. The van der Waals surface area contributed by atoms with Crippen molar-refractivity contribution in [2.24, 2.45) is 0 Å². The van der Waals surface area contributed by atoms with Crippen LogP contribution in [0.1, 0.15) is 17.0 Å². The molecule has 1 aromatic heterocycles. The predicted molar refractivity (Wildman–Crippen MR) is 93.1 cm³/mol. The van der Waals surface area contributed by atoms with Crippen LogP contribution in [-0.2, 0) is 29.0 Å². The molecule has 0 radical (unpaired) electrons. The Labute approximate surface area is 148 Å². The largest absolute Gasteiger partial charge is 0.379 e. The topological polar surface area (TPSA) is 59.8 Å². The average molecular weight is 343 g/mol. The first-order valence-electron chi connectivity index (χ1n) is 8.93. The summed E-state index contributed by atoms with van der Waals surface area (Å²) in [6, 6.07) is 12.5. The van der Waals surface area contributed by atoms with Gasteiger partial charge in [0.25, 0.3) is 0 Å². The molecule has 3 heterocycles. The molecular weight excluding hydrogens is 318 g/mol. The number of aromatic nitrogens is 1. The van der Waals surface area contributed by atoms with Gasteiger partial charge >= 0.3 is 0 Å². The van der Waals surface area contributed by atoms with Crippen molar-refractivity contribution < 1.29 is 14.0 Å². The van der Waals surface area contributed by atoms with Crippen LogP contribution >= 0.6 is 0 Å². The summed E-state index contributed by atoms with van der Waals surface area (Å²) in [6.07, 6.45) is 0.826. The molecule has 2 aromatic rings. The van der Waals surface area contributed by atoms with Gasteiger partial charge in [0.2, 0.25) is 0 Å². The van der Waals surface area contributed by atoms with Crippen LogP contribution in [0.15, 0.2) is 40.9 Å². The Morgan fingerprint density at radius 3 is 2.60 bits per heavy atom. The molecule has 0 saturated carbocycles. The van der Waals surface area contributed by atoms with E-state index in [0.717, 1.165) is 57.3 Å². The maximum atomic E-state index is 5.54. The number of rotatable bonds is 7. The lowest BCUT2D eigenvalue weighted by molar-refractivity contribution is -0.0755. The van der Waals surface area contributed by atoms with Gasteiger partial charge in [0.05, 0.1) is 44.2 Å². The Hall–Kier alpha value is -1.73. The smallest absolute Gasteiger partial charge is 0.150 e. The number of hydrogen-bond donors (Lipinski definition) is 1. The van der Waals surface area contributed by atoms with Crippen LogP contribution in [0.4, 0.5) is 0 Å². The molecule has 0 spiro atoms. The van der Waals surface area contributed by atoms with Crippen LogP contribution in [0.25, 0.3) is 0 Å². The Bertz CT molecular complexity index is 664. The summed E-state index contributed by atoms with van der Waals surface area (Å²) in [5.41, 5.74) is 2.23. The van der Waals surface area contributed by atoms with Crippen LogP contribution in [0.5, 0.6) is 0 Å². The molecule has 134 valence electrons. The fraction of sp³-hybridized carbons (Fsp3) is 0.526. The summed E-state index contributed by atoms with van der Waals surface area (Å²) in [6.45, 7) is 6.56. The molecule has 2 saturated heterocycles. The molecule has 2 aliphatic rings. The summed E-state index contributed by atoms with van der Waals surface area (Å²) in [5.74, 6) is 0.926. The van der Waals surface area contributed by atoms with Gasteiger partial charge in [0.1, 0.15) is 0 Å². The van der Waals surface area contributed by atoms with Crippen molar-refractivity contribution in [1.82, 2.24) is 15.4 Å². The molecule has 4 rings (SSSR count). The van der Waals surface area contributed by atoms with Gasteiger partial charge in [-0.1, -0.05) is 35.5 Å². The zero-order chi connectivity index (χ0) is 17.0. The minimum absolute atomic E-state index is 0.0387. The van der Waals surface area contributed by atoms with E-state index in [1.165, 1.54) is 5.56 Å². The van der Waals surface area contributed by atoms with Gasteiger partial charge in [0.15, 0.2) is 5.76 Å². The van der Waals surface area contributed by atoms with E-state index >= 15 is 0 Å². The summed E-state index contributed by atoms with van der Waals surface area (Å²) in [5, 5.41) is 7.93. The van der Waals surface area contributed by atoms with Crippen molar-refractivity contribution in [3.8, 4) is 0 Å². The van der Waals surface area contributed by atoms with E-state index in [1.54, 1.807) is 0 Å². The first-order chi connectivity index (χ1) is 12.3. The molecule has 0 bridgehead atoms. The van der Waals surface area contributed by atoms with Crippen LogP contribution in [0.3, 0.4) is 0 Å². The van der Waals surface area contributed by atoms with E-state index in [-0.39, 0.29) is 5.54 Å². The fourth-order valence-electron chi connectivity index (χ4n) is 3.34. The van der Waals surface area contributed by atoms with Crippen molar-refractivity contribution in [2.75, 3.05) is 39.5 Å². The van der Waals surface area contributed by atoms with Gasteiger partial charge in [-0.2, -0.15) is 0 Å². The van der Waals surface area contributed by atoms with Crippen LogP contribution in [-0.4, -0.2) is 55.1 Å². The van der Waals surface area contributed by atoms with Crippen molar-refractivity contribution in [2.45, 2.75) is 25.0 Å². The summed E-state index contributed by atoms with van der Waals surface area (Å²) in [4.78, 5) is 2.34. The minimum atomic E-state index is -0.0387. The molecule has 0 aliphatic carbocycles. The molecule has 2 aliphatic heterocycles. The molecule has 2 fully saturated rings. The number of nitrogens with one attached hydrogen (secondary N) is 1. The highest BCUT2D eigenvalue weighted by molar-refractivity contribution is 5.17. The van der Waals surface area contributed by atoms with Crippen molar-refractivity contribution in [1.29, 1.82) is 0 Å². The van der Waals surface area contributed by atoms with Crippen molar-refractivity contribution >= 4 is 0 Å². The Morgan fingerprint density at radius 1 is 1.08 bits per heavy atom. The van der Waals surface area contributed by atoms with E-state index < -0.39 is 0 Å². The highest BCUT2D eigenvalue weighted by Crippen LogP contribution is 2.23. The van der Waals surface area contributed by atoms with Crippen LogP contribution < -0.4 is 5.32 Å². The highest BCUT2D eigenvalue weighted by Gasteiger charge is 2.39. The Balaban J connectivity index is 1.33.